The van der Waals surface area contributed by atoms with Crippen molar-refractivity contribution in [2.24, 2.45) is 0 Å². The molecule has 1 aliphatic rings. The second kappa shape index (κ2) is 7.20. The van der Waals surface area contributed by atoms with Gasteiger partial charge in [-0.2, -0.15) is 0 Å². The van der Waals surface area contributed by atoms with Crippen molar-refractivity contribution in [3.63, 3.8) is 0 Å². The summed E-state index contributed by atoms with van der Waals surface area (Å²) in [5.41, 5.74) is -0.230. The molecular weight excluding hydrogens is 383 g/mol. The predicted molar refractivity (Wildman–Crippen MR) is 95.5 cm³/mol. The molecule has 26 heavy (non-hydrogen) atoms. The first kappa shape index (κ1) is 18.6. The van der Waals surface area contributed by atoms with Crippen LogP contribution in [0, 0.1) is 5.82 Å². The van der Waals surface area contributed by atoms with Crippen molar-refractivity contribution < 1.29 is 17.6 Å². The van der Waals surface area contributed by atoms with Gasteiger partial charge in [0.25, 0.3) is 11.5 Å². The third-order valence-corrected chi connectivity index (χ3v) is 6.77. The van der Waals surface area contributed by atoms with E-state index in [4.69, 9.17) is 11.6 Å². The smallest absolute Gasteiger partial charge is 0.266 e. The number of nitrogens with one attached hydrogen (secondary N) is 1. The van der Waals surface area contributed by atoms with Crippen LogP contribution in [0.25, 0.3) is 0 Å². The molecule has 1 atom stereocenters. The summed E-state index contributed by atoms with van der Waals surface area (Å²) in [6.07, 6.45) is 1.33. The quantitative estimate of drug-likeness (QED) is 0.839. The molecule has 1 unspecified atom stereocenters. The Morgan fingerprint density at radius 1 is 1.27 bits per heavy atom. The van der Waals surface area contributed by atoms with Crippen molar-refractivity contribution in [2.75, 3.05) is 18.8 Å². The Labute approximate surface area is 154 Å². The highest BCUT2D eigenvalue weighted by Crippen LogP contribution is 2.31. The van der Waals surface area contributed by atoms with E-state index in [9.17, 15) is 22.4 Å². The van der Waals surface area contributed by atoms with E-state index < -0.39 is 32.4 Å². The summed E-state index contributed by atoms with van der Waals surface area (Å²) in [5.74, 6) is -1.28. The van der Waals surface area contributed by atoms with E-state index in [1.807, 2.05) is 0 Å². The summed E-state index contributed by atoms with van der Waals surface area (Å²) in [6, 6.07) is 7.01. The van der Waals surface area contributed by atoms with Crippen LogP contribution in [-0.4, -0.2) is 43.1 Å². The van der Waals surface area contributed by atoms with Gasteiger partial charge in [0.05, 0.1) is 16.6 Å². The van der Waals surface area contributed by atoms with Gasteiger partial charge >= 0.3 is 0 Å². The maximum absolute atomic E-state index is 14.1. The molecule has 0 saturated carbocycles. The van der Waals surface area contributed by atoms with Crippen LogP contribution in [0.3, 0.4) is 0 Å². The van der Waals surface area contributed by atoms with Gasteiger partial charge in [0, 0.05) is 24.8 Å². The number of benzene rings is 1. The monoisotopic (exact) mass is 398 g/mol. The number of hydrogen-bond acceptors (Lipinski definition) is 4. The van der Waals surface area contributed by atoms with Crippen LogP contribution in [0.2, 0.25) is 5.02 Å². The van der Waals surface area contributed by atoms with E-state index in [1.165, 1.54) is 35.4 Å². The zero-order valence-electron chi connectivity index (χ0n) is 13.6. The molecule has 2 aromatic rings. The zero-order valence-corrected chi connectivity index (χ0v) is 15.2. The molecular formula is C17H16ClFN2O4S. The van der Waals surface area contributed by atoms with Crippen molar-refractivity contribution in [2.45, 2.75) is 11.7 Å². The minimum atomic E-state index is -3.62. The third-order valence-electron chi connectivity index (χ3n) is 4.38. The first-order valence-corrected chi connectivity index (χ1v) is 10.0. The molecule has 2 heterocycles. The molecule has 1 aliphatic heterocycles. The molecule has 6 nitrogen and oxygen atoms in total. The molecule has 1 aromatic heterocycles. The number of H-pyrrole nitrogens is 1. The van der Waals surface area contributed by atoms with E-state index in [0.29, 0.717) is 0 Å². The normalized spacial score (nSPS) is 19.8. The maximum Gasteiger partial charge on any atom is 0.266 e. The molecule has 1 N–H and O–H groups in total. The van der Waals surface area contributed by atoms with Crippen molar-refractivity contribution in [1.82, 2.24) is 9.88 Å². The molecule has 0 radical (unpaired) electrons. The Hall–Kier alpha value is -2.19. The molecule has 1 fully saturated rings. The SMILES string of the molecule is O=C(c1c[nH]c(=O)c(Cl)c1)N1CCC(c2ccccc2F)S(=O)(=O)CC1. The number of nitrogens with zero attached hydrogens (tertiary/aromatic N) is 1. The number of rotatable bonds is 2. The van der Waals surface area contributed by atoms with E-state index in [-0.39, 0.29) is 41.4 Å². The van der Waals surface area contributed by atoms with Crippen LogP contribution < -0.4 is 5.56 Å². The highest BCUT2D eigenvalue weighted by atomic mass is 35.5. The van der Waals surface area contributed by atoms with Crippen molar-refractivity contribution >= 4 is 27.3 Å². The average molecular weight is 399 g/mol. The summed E-state index contributed by atoms with van der Waals surface area (Å²) in [6.45, 7) is 0.136. The van der Waals surface area contributed by atoms with E-state index in [1.54, 1.807) is 6.07 Å². The van der Waals surface area contributed by atoms with E-state index >= 15 is 0 Å². The standard InChI is InChI=1S/C17H16ClFN2O4S/c18-13-9-11(10-20-16(13)22)17(23)21-6-5-15(26(24,25)8-7-21)12-3-1-2-4-14(12)19/h1-4,9-10,15H,5-8H2,(H,20,22). The van der Waals surface area contributed by atoms with Crippen LogP contribution in [-0.2, 0) is 9.84 Å². The molecule has 9 heteroatoms. The van der Waals surface area contributed by atoms with Crippen LogP contribution >= 0.6 is 11.6 Å². The number of aromatic amines is 1. The van der Waals surface area contributed by atoms with Gasteiger partial charge in [0.1, 0.15) is 10.8 Å². The summed E-state index contributed by atoms with van der Waals surface area (Å²) in [7, 11) is -3.62. The molecule has 0 spiro atoms. The largest absolute Gasteiger partial charge is 0.338 e. The number of sulfone groups is 1. The van der Waals surface area contributed by atoms with Gasteiger partial charge in [0.15, 0.2) is 9.84 Å². The highest BCUT2D eigenvalue weighted by molar-refractivity contribution is 7.91. The number of halogens is 2. The number of carbonyl (C=O) groups excluding carboxylic acids is 1. The summed E-state index contributed by atoms with van der Waals surface area (Å²) in [5, 5.41) is -1.12. The van der Waals surface area contributed by atoms with Crippen LogP contribution in [0.5, 0.6) is 0 Å². The fourth-order valence-electron chi connectivity index (χ4n) is 2.99. The predicted octanol–water partition coefficient (Wildman–Crippen LogP) is 2.17. The minimum absolute atomic E-state index is 0.0110. The number of aromatic nitrogens is 1. The molecule has 1 aromatic carbocycles. The maximum atomic E-state index is 14.1. The van der Waals surface area contributed by atoms with Gasteiger partial charge < -0.3 is 9.88 Å². The van der Waals surface area contributed by atoms with Gasteiger partial charge in [-0.15, -0.1) is 0 Å². The topological polar surface area (TPSA) is 87.3 Å². The van der Waals surface area contributed by atoms with Crippen molar-refractivity contribution in [1.29, 1.82) is 0 Å². The number of amides is 1. The second-order valence-corrected chi connectivity index (χ2v) is 8.73. The molecule has 1 saturated heterocycles. The fraction of sp³-hybridized carbons (Fsp3) is 0.294. The number of pyridine rings is 1. The second-order valence-electron chi connectivity index (χ2n) is 6.02. The number of hydrogen-bond donors (Lipinski definition) is 1. The Morgan fingerprint density at radius 3 is 2.69 bits per heavy atom. The van der Waals surface area contributed by atoms with Crippen LogP contribution in [0.4, 0.5) is 4.39 Å². The van der Waals surface area contributed by atoms with Crippen LogP contribution in [0.1, 0.15) is 27.6 Å². The summed E-state index contributed by atoms with van der Waals surface area (Å²) < 4.78 is 39.2. The van der Waals surface area contributed by atoms with Crippen molar-refractivity contribution in [3.8, 4) is 0 Å². The van der Waals surface area contributed by atoms with E-state index in [2.05, 4.69) is 4.98 Å². The van der Waals surface area contributed by atoms with Gasteiger partial charge in [-0.05, 0) is 18.6 Å². The molecule has 3 rings (SSSR count). The molecule has 138 valence electrons. The molecule has 0 aliphatic carbocycles. The fourth-order valence-corrected chi connectivity index (χ4v) is 4.97. The molecule has 0 bridgehead atoms. The number of carbonyl (C=O) groups is 1. The van der Waals surface area contributed by atoms with Crippen LogP contribution in [0.15, 0.2) is 41.3 Å². The first-order valence-electron chi connectivity index (χ1n) is 7.93. The van der Waals surface area contributed by atoms with Gasteiger partial charge in [-0.25, -0.2) is 12.8 Å². The summed E-state index contributed by atoms with van der Waals surface area (Å²) >= 11 is 5.74. The van der Waals surface area contributed by atoms with E-state index in [0.717, 1.165) is 0 Å². The lowest BCUT2D eigenvalue weighted by Gasteiger charge is -2.20. The lowest BCUT2D eigenvalue weighted by Crippen LogP contribution is -2.34. The Bertz CT molecular complexity index is 1010. The average Bonchev–Trinajstić information content (AvgIpc) is 2.75. The minimum Gasteiger partial charge on any atom is -0.338 e. The lowest BCUT2D eigenvalue weighted by molar-refractivity contribution is 0.0766. The Balaban J connectivity index is 1.86. The van der Waals surface area contributed by atoms with Gasteiger partial charge in [0.2, 0.25) is 0 Å². The first-order chi connectivity index (χ1) is 12.3. The van der Waals surface area contributed by atoms with Gasteiger partial charge in [-0.3, -0.25) is 9.59 Å². The highest BCUT2D eigenvalue weighted by Gasteiger charge is 2.34. The Kier molecular flexibility index (Phi) is 5.15. The zero-order chi connectivity index (χ0) is 18.9. The lowest BCUT2D eigenvalue weighted by atomic mass is 10.1. The molecule has 1 amide bonds. The third kappa shape index (κ3) is 3.66. The Morgan fingerprint density at radius 2 is 2.00 bits per heavy atom. The summed E-state index contributed by atoms with van der Waals surface area (Å²) in [4.78, 5) is 27.7. The van der Waals surface area contributed by atoms with Crippen molar-refractivity contribution in [3.05, 3.63) is 68.8 Å². The van der Waals surface area contributed by atoms with Gasteiger partial charge in [-0.1, -0.05) is 29.8 Å².